The first-order valence-corrected chi connectivity index (χ1v) is 8.60. The van der Waals surface area contributed by atoms with Crippen LogP contribution < -0.4 is 10.6 Å². The van der Waals surface area contributed by atoms with Crippen molar-refractivity contribution in [2.24, 2.45) is 0 Å². The lowest BCUT2D eigenvalue weighted by Crippen LogP contribution is -2.47. The fraction of sp³-hybridized carbons (Fsp3) is 0.556. The van der Waals surface area contributed by atoms with Gasteiger partial charge in [-0.2, -0.15) is 0 Å². The van der Waals surface area contributed by atoms with E-state index in [0.717, 1.165) is 38.0 Å². The molecule has 5 nitrogen and oxygen atoms in total. The van der Waals surface area contributed by atoms with Gasteiger partial charge in [0.25, 0.3) is 0 Å². The molecule has 0 atom stereocenters. The molecule has 2 rings (SSSR count). The Bertz CT molecular complexity index is 584. The molecule has 1 aromatic carbocycles. The van der Waals surface area contributed by atoms with Gasteiger partial charge in [0.1, 0.15) is 5.82 Å². The van der Waals surface area contributed by atoms with Gasteiger partial charge in [-0.05, 0) is 50.4 Å². The van der Waals surface area contributed by atoms with Crippen LogP contribution in [-0.4, -0.2) is 42.4 Å². The Morgan fingerprint density at radius 3 is 2.62 bits per heavy atom. The number of carbonyl (C=O) groups excluding carboxylic acids is 2. The van der Waals surface area contributed by atoms with Gasteiger partial charge in [-0.1, -0.05) is 19.4 Å². The number of unbranched alkanes of at least 4 members (excludes halogenated alkanes) is 1. The van der Waals surface area contributed by atoms with E-state index in [9.17, 15) is 14.0 Å². The van der Waals surface area contributed by atoms with Crippen LogP contribution in [0.25, 0.3) is 0 Å². The summed E-state index contributed by atoms with van der Waals surface area (Å²) in [5, 5.41) is 5.09. The van der Waals surface area contributed by atoms with Gasteiger partial charge in [0.15, 0.2) is 0 Å². The Balaban J connectivity index is 1.80. The summed E-state index contributed by atoms with van der Waals surface area (Å²) in [5.41, 5.74) is 0.844. The predicted molar refractivity (Wildman–Crippen MR) is 92.3 cm³/mol. The summed E-state index contributed by atoms with van der Waals surface area (Å²) in [6.45, 7) is 6.91. The molecule has 2 amide bonds. The molecule has 0 saturated carbocycles. The Labute approximate surface area is 142 Å². The van der Waals surface area contributed by atoms with E-state index in [1.807, 2.05) is 0 Å². The molecule has 1 heterocycles. The predicted octanol–water partition coefficient (Wildman–Crippen LogP) is 2.45. The van der Waals surface area contributed by atoms with Crippen molar-refractivity contribution in [3.05, 3.63) is 29.6 Å². The lowest BCUT2D eigenvalue weighted by atomic mass is 10.0. The second-order valence-corrected chi connectivity index (χ2v) is 6.38. The number of aryl methyl sites for hydroxylation is 1. The number of anilines is 1. The minimum atomic E-state index is -0.826. The normalized spacial score (nSPS) is 16.0. The summed E-state index contributed by atoms with van der Waals surface area (Å²) in [7, 11) is 0. The molecule has 1 saturated heterocycles. The van der Waals surface area contributed by atoms with Gasteiger partial charge in [0, 0.05) is 19.1 Å². The Morgan fingerprint density at radius 2 is 1.96 bits per heavy atom. The van der Waals surface area contributed by atoms with Crippen molar-refractivity contribution in [2.45, 2.75) is 45.6 Å². The third-order valence-corrected chi connectivity index (χ3v) is 4.33. The van der Waals surface area contributed by atoms with Gasteiger partial charge < -0.3 is 15.5 Å². The molecular weight excluding hydrogens is 309 g/mol. The molecule has 1 aromatic rings. The van der Waals surface area contributed by atoms with Gasteiger partial charge in [-0.25, -0.2) is 4.39 Å². The molecule has 132 valence electrons. The minimum absolute atomic E-state index is 0.00322. The standard InChI is InChI=1S/C18H26FN3O2/c1-3-4-9-22-10-7-14(8-11-22)20-17(23)18(24)21-16-12-13(2)5-6-15(16)19/h5-6,12,14H,3-4,7-11H2,1-2H3,(H,20,23)(H,21,24). The van der Waals surface area contributed by atoms with Crippen LogP contribution in [0.1, 0.15) is 38.2 Å². The number of carbonyl (C=O) groups is 2. The fourth-order valence-electron chi connectivity index (χ4n) is 2.85. The number of benzene rings is 1. The summed E-state index contributed by atoms with van der Waals surface area (Å²) < 4.78 is 13.6. The highest BCUT2D eigenvalue weighted by Gasteiger charge is 2.23. The molecule has 0 unspecified atom stereocenters. The summed E-state index contributed by atoms with van der Waals surface area (Å²) in [6, 6.07) is 4.39. The second-order valence-electron chi connectivity index (χ2n) is 6.38. The maximum atomic E-state index is 13.6. The van der Waals surface area contributed by atoms with Crippen molar-refractivity contribution in [1.82, 2.24) is 10.2 Å². The van der Waals surface area contributed by atoms with E-state index in [2.05, 4.69) is 22.5 Å². The number of likely N-dealkylation sites (tertiary alicyclic amines) is 1. The number of halogens is 1. The monoisotopic (exact) mass is 335 g/mol. The van der Waals surface area contributed by atoms with E-state index in [0.29, 0.717) is 0 Å². The highest BCUT2D eigenvalue weighted by molar-refractivity contribution is 6.39. The first kappa shape index (κ1) is 18.4. The zero-order valence-electron chi connectivity index (χ0n) is 14.4. The van der Waals surface area contributed by atoms with E-state index in [-0.39, 0.29) is 11.7 Å². The Hall–Kier alpha value is -1.95. The highest BCUT2D eigenvalue weighted by atomic mass is 19.1. The fourth-order valence-corrected chi connectivity index (χ4v) is 2.85. The van der Waals surface area contributed by atoms with Crippen LogP contribution in [0.3, 0.4) is 0 Å². The maximum Gasteiger partial charge on any atom is 0.313 e. The number of amides is 2. The first-order chi connectivity index (χ1) is 11.5. The summed E-state index contributed by atoms with van der Waals surface area (Å²) >= 11 is 0. The molecule has 24 heavy (non-hydrogen) atoms. The Morgan fingerprint density at radius 1 is 1.25 bits per heavy atom. The SMILES string of the molecule is CCCCN1CCC(NC(=O)C(=O)Nc2cc(C)ccc2F)CC1. The van der Waals surface area contributed by atoms with E-state index in [1.54, 1.807) is 13.0 Å². The van der Waals surface area contributed by atoms with Crippen LogP contribution in [0, 0.1) is 12.7 Å². The summed E-state index contributed by atoms with van der Waals surface area (Å²) in [6.07, 6.45) is 4.02. The van der Waals surface area contributed by atoms with Crippen LogP contribution in [0.15, 0.2) is 18.2 Å². The van der Waals surface area contributed by atoms with Crippen LogP contribution in [0.4, 0.5) is 10.1 Å². The topological polar surface area (TPSA) is 61.4 Å². The molecule has 0 bridgehead atoms. The number of rotatable bonds is 5. The molecule has 1 aliphatic rings. The molecule has 0 aromatic heterocycles. The average Bonchev–Trinajstić information content (AvgIpc) is 2.57. The second kappa shape index (κ2) is 8.78. The van der Waals surface area contributed by atoms with E-state index < -0.39 is 17.6 Å². The summed E-state index contributed by atoms with van der Waals surface area (Å²) in [4.78, 5) is 26.3. The van der Waals surface area contributed by atoms with Crippen molar-refractivity contribution < 1.29 is 14.0 Å². The van der Waals surface area contributed by atoms with Crippen LogP contribution in [0.2, 0.25) is 0 Å². The number of nitrogens with zero attached hydrogens (tertiary/aromatic N) is 1. The van der Waals surface area contributed by atoms with Crippen molar-refractivity contribution >= 4 is 17.5 Å². The number of nitrogens with one attached hydrogen (secondary N) is 2. The minimum Gasteiger partial charge on any atom is -0.345 e. The number of hydrogen-bond donors (Lipinski definition) is 2. The highest BCUT2D eigenvalue weighted by Crippen LogP contribution is 2.16. The van der Waals surface area contributed by atoms with Crippen molar-refractivity contribution in [1.29, 1.82) is 0 Å². The van der Waals surface area contributed by atoms with Crippen LogP contribution in [0.5, 0.6) is 0 Å². The molecule has 1 fully saturated rings. The third-order valence-electron chi connectivity index (χ3n) is 4.33. The van der Waals surface area contributed by atoms with E-state index in [1.165, 1.54) is 25.0 Å². The maximum absolute atomic E-state index is 13.6. The number of hydrogen-bond acceptors (Lipinski definition) is 3. The molecular formula is C18H26FN3O2. The zero-order valence-corrected chi connectivity index (χ0v) is 14.4. The van der Waals surface area contributed by atoms with Crippen LogP contribution in [-0.2, 0) is 9.59 Å². The van der Waals surface area contributed by atoms with E-state index >= 15 is 0 Å². The first-order valence-electron chi connectivity index (χ1n) is 8.60. The van der Waals surface area contributed by atoms with Crippen LogP contribution >= 0.6 is 0 Å². The molecule has 0 aliphatic carbocycles. The van der Waals surface area contributed by atoms with Crippen molar-refractivity contribution in [2.75, 3.05) is 25.0 Å². The smallest absolute Gasteiger partial charge is 0.313 e. The molecule has 1 aliphatic heterocycles. The largest absolute Gasteiger partial charge is 0.345 e. The molecule has 0 spiro atoms. The van der Waals surface area contributed by atoms with E-state index in [4.69, 9.17) is 0 Å². The quantitative estimate of drug-likeness (QED) is 0.813. The third kappa shape index (κ3) is 5.30. The summed E-state index contributed by atoms with van der Waals surface area (Å²) in [5.74, 6) is -2.08. The molecule has 0 radical (unpaired) electrons. The zero-order chi connectivity index (χ0) is 17.5. The van der Waals surface area contributed by atoms with Crippen molar-refractivity contribution in [3.8, 4) is 0 Å². The van der Waals surface area contributed by atoms with Gasteiger partial charge >= 0.3 is 11.8 Å². The van der Waals surface area contributed by atoms with Gasteiger partial charge in [0.2, 0.25) is 0 Å². The Kier molecular flexibility index (Phi) is 6.73. The van der Waals surface area contributed by atoms with Gasteiger partial charge in [-0.3, -0.25) is 9.59 Å². The lowest BCUT2D eigenvalue weighted by Gasteiger charge is -2.32. The van der Waals surface area contributed by atoms with Gasteiger partial charge in [0.05, 0.1) is 5.69 Å². The molecule has 6 heteroatoms. The van der Waals surface area contributed by atoms with Crippen molar-refractivity contribution in [3.63, 3.8) is 0 Å². The van der Waals surface area contributed by atoms with Gasteiger partial charge in [-0.15, -0.1) is 0 Å². The number of piperidine rings is 1. The lowest BCUT2D eigenvalue weighted by molar-refractivity contribution is -0.136. The average molecular weight is 335 g/mol. The molecule has 2 N–H and O–H groups in total.